The molecule has 2 N–H and O–H groups in total. The van der Waals surface area contributed by atoms with Crippen molar-refractivity contribution in [3.05, 3.63) is 57.7 Å². The van der Waals surface area contributed by atoms with E-state index in [9.17, 15) is 29.1 Å². The molecule has 10 heteroatoms. The fraction of sp³-hybridized carbons (Fsp3) is 0.235. The number of carbonyl (C=O) groups excluding carboxylic acids is 3. The second-order valence-corrected chi connectivity index (χ2v) is 7.01. The quantitative estimate of drug-likeness (QED) is 0.395. The van der Waals surface area contributed by atoms with E-state index in [0.29, 0.717) is 11.9 Å². The van der Waals surface area contributed by atoms with E-state index in [4.69, 9.17) is 0 Å². The summed E-state index contributed by atoms with van der Waals surface area (Å²) < 4.78 is 1.25. The number of aryl methyl sites for hydroxylation is 1. The number of hydrogen-bond donors (Lipinski definition) is 2. The molecule has 3 rings (SSSR count). The number of rotatable bonds is 5. The highest BCUT2D eigenvalue weighted by molar-refractivity contribution is 8.00. The lowest BCUT2D eigenvalue weighted by molar-refractivity contribution is -0.148. The van der Waals surface area contributed by atoms with Crippen LogP contribution in [0.4, 0.5) is 0 Å². The van der Waals surface area contributed by atoms with E-state index in [1.54, 1.807) is 0 Å². The van der Waals surface area contributed by atoms with Gasteiger partial charge >= 0.3 is 5.97 Å². The number of carbonyl (C=O) groups is 4. The van der Waals surface area contributed by atoms with Gasteiger partial charge in [0.2, 0.25) is 5.56 Å². The van der Waals surface area contributed by atoms with Gasteiger partial charge in [0.1, 0.15) is 23.4 Å². The highest BCUT2D eigenvalue weighted by Gasteiger charge is 2.54. The highest BCUT2D eigenvalue weighted by Crippen LogP contribution is 2.40. The summed E-state index contributed by atoms with van der Waals surface area (Å²) in [6.07, 6.45) is 4.42. The normalized spacial score (nSPS) is 21.7. The van der Waals surface area contributed by atoms with E-state index in [-0.39, 0.29) is 22.6 Å². The molecule has 1 saturated heterocycles. The van der Waals surface area contributed by atoms with Crippen molar-refractivity contribution in [1.29, 1.82) is 0 Å². The minimum Gasteiger partial charge on any atom is -0.477 e. The van der Waals surface area contributed by atoms with Gasteiger partial charge in [0.15, 0.2) is 0 Å². The van der Waals surface area contributed by atoms with Crippen molar-refractivity contribution in [2.45, 2.75) is 11.4 Å². The minimum absolute atomic E-state index is 0.186. The van der Waals surface area contributed by atoms with Crippen molar-refractivity contribution in [3.8, 4) is 0 Å². The number of aromatic nitrogens is 1. The summed E-state index contributed by atoms with van der Waals surface area (Å²) in [7, 11) is 1.50. The van der Waals surface area contributed by atoms with E-state index < -0.39 is 29.2 Å². The predicted molar refractivity (Wildman–Crippen MR) is 95.9 cm³/mol. The van der Waals surface area contributed by atoms with Crippen LogP contribution in [0.3, 0.4) is 0 Å². The van der Waals surface area contributed by atoms with Crippen LogP contribution in [0.1, 0.15) is 10.4 Å². The van der Waals surface area contributed by atoms with Gasteiger partial charge in [0.25, 0.3) is 11.8 Å². The first-order valence-electron chi connectivity index (χ1n) is 7.85. The molecule has 2 amide bonds. The first-order chi connectivity index (χ1) is 12.8. The third-order valence-corrected chi connectivity index (χ3v) is 5.51. The van der Waals surface area contributed by atoms with Crippen molar-refractivity contribution in [3.63, 3.8) is 0 Å². The van der Waals surface area contributed by atoms with E-state index in [1.165, 1.54) is 53.9 Å². The van der Waals surface area contributed by atoms with Crippen molar-refractivity contribution >= 4 is 35.8 Å². The summed E-state index contributed by atoms with van der Waals surface area (Å²) >= 11 is 1.29. The summed E-state index contributed by atoms with van der Waals surface area (Å²) in [5.41, 5.74) is 0.113. The molecule has 0 bridgehead atoms. The second-order valence-electron chi connectivity index (χ2n) is 5.90. The molecule has 27 heavy (non-hydrogen) atoms. The Kier molecular flexibility index (Phi) is 5.00. The maximum Gasteiger partial charge on any atom is 0.352 e. The number of nitrogens with one attached hydrogen (secondary N) is 1. The Morgan fingerprint density at radius 2 is 2.07 bits per heavy atom. The fourth-order valence-electron chi connectivity index (χ4n) is 2.88. The lowest BCUT2D eigenvalue weighted by Crippen LogP contribution is -2.70. The molecule has 9 nitrogen and oxygen atoms in total. The van der Waals surface area contributed by atoms with Crippen LogP contribution in [0.25, 0.3) is 0 Å². The molecule has 0 radical (unpaired) electrons. The molecule has 1 aromatic rings. The number of thioether (sulfide) groups is 1. The molecule has 1 aromatic heterocycles. The summed E-state index contributed by atoms with van der Waals surface area (Å²) in [5.74, 6) is -2.06. The highest BCUT2D eigenvalue weighted by atomic mass is 32.2. The number of carboxylic acid groups (broad SMARTS) is 1. The van der Waals surface area contributed by atoms with Crippen LogP contribution in [-0.4, -0.2) is 55.8 Å². The van der Waals surface area contributed by atoms with Gasteiger partial charge in [-0.25, -0.2) is 4.79 Å². The van der Waals surface area contributed by atoms with E-state index in [2.05, 4.69) is 5.32 Å². The van der Waals surface area contributed by atoms with Crippen LogP contribution in [0.15, 0.2) is 46.5 Å². The van der Waals surface area contributed by atoms with E-state index >= 15 is 0 Å². The smallest absolute Gasteiger partial charge is 0.352 e. The Balaban J connectivity index is 1.80. The molecule has 0 aromatic carbocycles. The number of pyridine rings is 1. The van der Waals surface area contributed by atoms with Gasteiger partial charge in [-0.2, -0.15) is 0 Å². The van der Waals surface area contributed by atoms with Gasteiger partial charge < -0.3 is 15.0 Å². The number of amides is 2. The molecule has 0 aliphatic carbocycles. The molecule has 2 atom stereocenters. The number of nitrogens with zero attached hydrogens (tertiary/aromatic N) is 2. The number of β-lactam (4-membered cyclic amide) rings is 1. The minimum atomic E-state index is -1.28. The SMILES string of the molecule is Cn1cc(C(=O)NC2C(=O)N3C(C(=O)O)=C(C=CC=O)CS[C@H]23)ccc1=O. The third kappa shape index (κ3) is 3.31. The Bertz CT molecular complexity index is 964. The summed E-state index contributed by atoms with van der Waals surface area (Å²) in [5, 5.41) is 11.5. The van der Waals surface area contributed by atoms with Gasteiger partial charge in [0, 0.05) is 25.1 Å². The first kappa shape index (κ1) is 18.6. The second kappa shape index (κ2) is 7.23. The maximum atomic E-state index is 12.5. The topological polar surface area (TPSA) is 126 Å². The summed E-state index contributed by atoms with van der Waals surface area (Å²) in [4.78, 5) is 59.4. The van der Waals surface area contributed by atoms with Gasteiger partial charge in [-0.05, 0) is 17.7 Å². The average molecular weight is 389 g/mol. The standard InChI is InChI=1S/C17H15N3O6S/c1-19-7-9(4-5-11(19)22)14(23)18-12-15(24)20-13(17(25)26)10(3-2-6-21)8-27-16(12)20/h2-7,12,16H,8H2,1H3,(H,18,23)(H,25,26)/t12?,16-/m1/s1. The zero-order valence-electron chi connectivity index (χ0n) is 14.1. The van der Waals surface area contributed by atoms with Crippen molar-refractivity contribution in [2.24, 2.45) is 7.05 Å². The molecular weight excluding hydrogens is 374 g/mol. The molecule has 0 saturated carbocycles. The Hall–Kier alpha value is -3.14. The largest absolute Gasteiger partial charge is 0.477 e. The maximum absolute atomic E-state index is 12.5. The zero-order valence-corrected chi connectivity index (χ0v) is 14.9. The molecule has 0 spiro atoms. The van der Waals surface area contributed by atoms with Gasteiger partial charge in [0.05, 0.1) is 5.56 Å². The van der Waals surface area contributed by atoms with Crippen molar-refractivity contribution in [2.75, 3.05) is 5.75 Å². The van der Waals surface area contributed by atoms with Crippen molar-refractivity contribution in [1.82, 2.24) is 14.8 Å². The van der Waals surface area contributed by atoms with Crippen LogP contribution in [0, 0.1) is 0 Å². The van der Waals surface area contributed by atoms with Gasteiger partial charge in [-0.15, -0.1) is 11.8 Å². The van der Waals surface area contributed by atoms with E-state index in [1.807, 2.05) is 0 Å². The Morgan fingerprint density at radius 3 is 2.70 bits per heavy atom. The fourth-order valence-corrected chi connectivity index (χ4v) is 4.20. The number of carboxylic acids is 1. The Labute approximate surface area is 157 Å². The molecular formula is C17H15N3O6S. The van der Waals surface area contributed by atoms with E-state index in [0.717, 1.165) is 4.90 Å². The number of fused-ring (bicyclic) bond motifs is 1. The molecule has 1 unspecified atom stereocenters. The zero-order chi connectivity index (χ0) is 19.7. The first-order valence-corrected chi connectivity index (χ1v) is 8.90. The lowest BCUT2D eigenvalue weighted by Gasteiger charge is -2.49. The average Bonchev–Trinajstić information content (AvgIpc) is 2.65. The van der Waals surface area contributed by atoms with Crippen molar-refractivity contribution < 1.29 is 24.3 Å². The van der Waals surface area contributed by atoms with Gasteiger partial charge in [-0.3, -0.25) is 24.1 Å². The van der Waals surface area contributed by atoms with Crippen LogP contribution >= 0.6 is 11.8 Å². The number of aliphatic carboxylic acids is 1. The summed E-state index contributed by atoms with van der Waals surface area (Å²) in [6, 6.07) is 1.74. The lowest BCUT2D eigenvalue weighted by atomic mass is 10.0. The van der Waals surface area contributed by atoms with Crippen LogP contribution in [0.2, 0.25) is 0 Å². The number of aldehydes is 1. The third-order valence-electron chi connectivity index (χ3n) is 4.21. The van der Waals surface area contributed by atoms with Crippen LogP contribution in [-0.2, 0) is 21.4 Å². The number of hydrogen-bond acceptors (Lipinski definition) is 6. The van der Waals surface area contributed by atoms with Crippen LogP contribution in [0.5, 0.6) is 0 Å². The summed E-state index contributed by atoms with van der Waals surface area (Å²) in [6.45, 7) is 0. The monoisotopic (exact) mass is 389 g/mol. The molecule has 1 fully saturated rings. The number of allylic oxidation sites excluding steroid dienone is 2. The Morgan fingerprint density at radius 1 is 1.33 bits per heavy atom. The predicted octanol–water partition coefficient (Wildman–Crippen LogP) is -0.507. The van der Waals surface area contributed by atoms with Gasteiger partial charge in [-0.1, -0.05) is 6.08 Å². The molecule has 2 aliphatic heterocycles. The van der Waals surface area contributed by atoms with Crippen LogP contribution < -0.4 is 10.9 Å². The molecule has 140 valence electrons. The molecule has 3 heterocycles. The molecule has 2 aliphatic rings.